The highest BCUT2D eigenvalue weighted by Gasteiger charge is 2.12. The molecule has 2 heterocycles. The minimum absolute atomic E-state index is 0.00204. The highest BCUT2D eigenvalue weighted by Crippen LogP contribution is 2.19. The summed E-state index contributed by atoms with van der Waals surface area (Å²) in [5.41, 5.74) is 2.08. The zero-order chi connectivity index (χ0) is 22.6. The second-order valence-electron chi connectivity index (χ2n) is 6.83. The quantitative estimate of drug-likeness (QED) is 0.422. The Balaban J connectivity index is 0.00000166. The number of rotatable bonds is 9. The first-order valence-electron chi connectivity index (χ1n) is 10.4. The standard InChI is InChI=1S/C21H24FN5O2.C2H6/c1-14(15-5-3-2-4-6-15)9-24-12-19(28)26-13-20(29)25-11-18-21(22)16-10-23-8-7-17(16)27-18;1-2/h2-8,10,14,24,27H,9,11-13H2,1H3,(H,25,29)(H,26,28);1-2H3. The van der Waals surface area contributed by atoms with Crippen molar-refractivity contribution in [3.05, 3.63) is 65.9 Å². The van der Waals surface area contributed by atoms with Crippen LogP contribution in [0.4, 0.5) is 4.39 Å². The molecule has 2 amide bonds. The summed E-state index contributed by atoms with van der Waals surface area (Å²) in [5, 5.41) is 8.59. The second-order valence-corrected chi connectivity index (χ2v) is 6.83. The number of hydrogen-bond acceptors (Lipinski definition) is 4. The molecule has 1 atom stereocenters. The minimum Gasteiger partial charge on any atom is -0.354 e. The summed E-state index contributed by atoms with van der Waals surface area (Å²) < 4.78 is 14.2. The van der Waals surface area contributed by atoms with Gasteiger partial charge in [0.15, 0.2) is 5.82 Å². The number of benzene rings is 1. The van der Waals surface area contributed by atoms with Crippen molar-refractivity contribution in [2.75, 3.05) is 19.6 Å². The number of nitrogens with zero attached hydrogens (tertiary/aromatic N) is 1. The fourth-order valence-electron chi connectivity index (χ4n) is 2.97. The topological polar surface area (TPSA) is 98.9 Å². The smallest absolute Gasteiger partial charge is 0.239 e. The molecule has 0 fully saturated rings. The number of H-pyrrole nitrogens is 1. The van der Waals surface area contributed by atoms with E-state index in [1.165, 1.54) is 11.8 Å². The van der Waals surface area contributed by atoms with E-state index in [0.29, 0.717) is 17.4 Å². The van der Waals surface area contributed by atoms with Gasteiger partial charge in [-0.2, -0.15) is 0 Å². The van der Waals surface area contributed by atoms with E-state index in [1.54, 1.807) is 12.3 Å². The van der Waals surface area contributed by atoms with Crippen molar-refractivity contribution in [2.45, 2.75) is 33.2 Å². The maximum atomic E-state index is 14.2. The number of carbonyl (C=O) groups is 2. The Morgan fingerprint density at radius 3 is 2.48 bits per heavy atom. The molecule has 0 saturated heterocycles. The van der Waals surface area contributed by atoms with Gasteiger partial charge in [0.2, 0.25) is 11.8 Å². The van der Waals surface area contributed by atoms with Crippen LogP contribution in [-0.4, -0.2) is 41.4 Å². The molecule has 0 aliphatic rings. The van der Waals surface area contributed by atoms with Crippen LogP contribution in [0.2, 0.25) is 0 Å². The normalized spacial score (nSPS) is 11.4. The molecule has 0 aliphatic carbocycles. The number of halogens is 1. The van der Waals surface area contributed by atoms with E-state index in [0.717, 1.165) is 0 Å². The molecule has 1 aromatic carbocycles. The van der Waals surface area contributed by atoms with E-state index in [1.807, 2.05) is 44.2 Å². The SMILES string of the molecule is CC.CC(CNCC(=O)NCC(=O)NCc1[nH]c2ccncc2c1F)c1ccccc1. The van der Waals surface area contributed by atoms with Gasteiger partial charge in [0.05, 0.1) is 36.2 Å². The fraction of sp³-hybridized carbons (Fsp3) is 0.348. The number of aromatic amines is 1. The second kappa shape index (κ2) is 12.4. The number of carbonyl (C=O) groups excluding carboxylic acids is 2. The first kappa shape index (κ1) is 24.0. The van der Waals surface area contributed by atoms with E-state index in [2.05, 4.69) is 32.8 Å². The number of hydrogen-bond donors (Lipinski definition) is 4. The third-order valence-electron chi connectivity index (χ3n) is 4.62. The lowest BCUT2D eigenvalue weighted by atomic mass is 10.0. The van der Waals surface area contributed by atoms with Crippen LogP contribution in [0.25, 0.3) is 10.9 Å². The van der Waals surface area contributed by atoms with Gasteiger partial charge in [0.25, 0.3) is 0 Å². The average molecular weight is 428 g/mol. The van der Waals surface area contributed by atoms with Gasteiger partial charge in [0, 0.05) is 18.9 Å². The first-order valence-corrected chi connectivity index (χ1v) is 10.4. The number of nitrogens with one attached hydrogen (secondary N) is 4. The molecular formula is C23H30FN5O2. The summed E-state index contributed by atoms with van der Waals surface area (Å²) in [5.74, 6) is -0.835. The predicted molar refractivity (Wildman–Crippen MR) is 120 cm³/mol. The largest absolute Gasteiger partial charge is 0.354 e. The van der Waals surface area contributed by atoms with Crippen molar-refractivity contribution in [1.29, 1.82) is 0 Å². The van der Waals surface area contributed by atoms with Crippen LogP contribution in [0, 0.1) is 5.82 Å². The summed E-state index contributed by atoms with van der Waals surface area (Å²) in [4.78, 5) is 30.6. The number of pyridine rings is 1. The molecule has 3 rings (SSSR count). The molecule has 2 aromatic heterocycles. The zero-order valence-corrected chi connectivity index (χ0v) is 18.2. The Kier molecular flexibility index (Phi) is 9.64. The molecule has 31 heavy (non-hydrogen) atoms. The van der Waals surface area contributed by atoms with Crippen molar-refractivity contribution in [2.24, 2.45) is 0 Å². The molecule has 166 valence electrons. The van der Waals surface area contributed by atoms with Gasteiger partial charge in [-0.05, 0) is 17.5 Å². The van der Waals surface area contributed by atoms with Crippen LogP contribution in [0.1, 0.15) is 37.9 Å². The molecular weight excluding hydrogens is 397 g/mol. The Hall–Kier alpha value is -3.26. The number of fused-ring (bicyclic) bond motifs is 1. The van der Waals surface area contributed by atoms with E-state index >= 15 is 0 Å². The van der Waals surface area contributed by atoms with Gasteiger partial charge >= 0.3 is 0 Å². The molecule has 7 nitrogen and oxygen atoms in total. The fourth-order valence-corrected chi connectivity index (χ4v) is 2.97. The summed E-state index contributed by atoms with van der Waals surface area (Å²) in [6, 6.07) is 11.7. The highest BCUT2D eigenvalue weighted by atomic mass is 19.1. The van der Waals surface area contributed by atoms with Crippen molar-refractivity contribution in [3.63, 3.8) is 0 Å². The predicted octanol–water partition coefficient (Wildman–Crippen LogP) is 2.85. The Morgan fingerprint density at radius 2 is 1.77 bits per heavy atom. The molecule has 0 bridgehead atoms. The van der Waals surface area contributed by atoms with Crippen LogP contribution in [-0.2, 0) is 16.1 Å². The van der Waals surface area contributed by atoms with Crippen molar-refractivity contribution in [3.8, 4) is 0 Å². The van der Waals surface area contributed by atoms with Gasteiger partial charge in [0.1, 0.15) is 0 Å². The van der Waals surface area contributed by atoms with E-state index in [4.69, 9.17) is 0 Å². The monoisotopic (exact) mass is 427 g/mol. The Bertz CT molecular complexity index is 975. The lowest BCUT2D eigenvalue weighted by molar-refractivity contribution is -0.125. The van der Waals surface area contributed by atoms with E-state index < -0.39 is 11.7 Å². The summed E-state index contributed by atoms with van der Waals surface area (Å²) in [6.07, 6.45) is 2.99. The lowest BCUT2D eigenvalue weighted by Gasteiger charge is -2.13. The van der Waals surface area contributed by atoms with Gasteiger partial charge < -0.3 is 20.9 Å². The van der Waals surface area contributed by atoms with Gasteiger partial charge in [-0.15, -0.1) is 0 Å². The van der Waals surface area contributed by atoms with Crippen LogP contribution < -0.4 is 16.0 Å². The maximum Gasteiger partial charge on any atom is 0.239 e. The Labute approximate surface area is 181 Å². The Morgan fingerprint density at radius 1 is 1.06 bits per heavy atom. The summed E-state index contributed by atoms with van der Waals surface area (Å²) >= 11 is 0. The van der Waals surface area contributed by atoms with Crippen molar-refractivity contribution >= 4 is 22.7 Å². The average Bonchev–Trinajstić information content (AvgIpc) is 3.13. The first-order chi connectivity index (χ1) is 15.0. The van der Waals surface area contributed by atoms with Gasteiger partial charge in [-0.25, -0.2) is 4.39 Å². The summed E-state index contributed by atoms with van der Waals surface area (Å²) in [7, 11) is 0. The van der Waals surface area contributed by atoms with E-state index in [9.17, 15) is 14.0 Å². The summed E-state index contributed by atoms with van der Waals surface area (Å²) in [6.45, 7) is 6.68. The molecule has 1 unspecified atom stereocenters. The third kappa shape index (κ3) is 7.18. The van der Waals surface area contributed by atoms with Crippen molar-refractivity contribution in [1.82, 2.24) is 25.9 Å². The lowest BCUT2D eigenvalue weighted by Crippen LogP contribution is -2.41. The van der Waals surface area contributed by atoms with Crippen LogP contribution in [0.3, 0.4) is 0 Å². The molecule has 0 radical (unpaired) electrons. The van der Waals surface area contributed by atoms with Crippen LogP contribution >= 0.6 is 0 Å². The molecule has 4 N–H and O–H groups in total. The van der Waals surface area contributed by atoms with Crippen LogP contribution in [0.5, 0.6) is 0 Å². The molecule has 0 spiro atoms. The van der Waals surface area contributed by atoms with Crippen molar-refractivity contribution < 1.29 is 14.0 Å². The molecule has 3 aromatic rings. The van der Waals surface area contributed by atoms with Crippen LogP contribution in [0.15, 0.2) is 48.8 Å². The third-order valence-corrected chi connectivity index (χ3v) is 4.62. The number of amides is 2. The maximum absolute atomic E-state index is 14.2. The van der Waals surface area contributed by atoms with E-state index in [-0.39, 0.29) is 37.2 Å². The van der Waals surface area contributed by atoms with Gasteiger partial charge in [-0.1, -0.05) is 51.1 Å². The highest BCUT2D eigenvalue weighted by molar-refractivity contribution is 5.85. The molecule has 0 saturated carbocycles. The zero-order valence-electron chi connectivity index (χ0n) is 18.2. The molecule has 0 aliphatic heterocycles. The molecule has 8 heteroatoms. The van der Waals surface area contributed by atoms with Gasteiger partial charge in [-0.3, -0.25) is 14.6 Å². The number of aromatic nitrogens is 2. The minimum atomic E-state index is -0.436.